The maximum atomic E-state index is 14.6. The van der Waals surface area contributed by atoms with Gasteiger partial charge in [0, 0.05) is 93.2 Å². The summed E-state index contributed by atoms with van der Waals surface area (Å²) < 4.78 is 19.7. The van der Waals surface area contributed by atoms with Crippen molar-refractivity contribution in [2.75, 3.05) is 53.6 Å². The maximum absolute atomic E-state index is 14.6. The second-order valence-electron chi connectivity index (χ2n) is 19.7. The van der Waals surface area contributed by atoms with Crippen molar-refractivity contribution < 1.29 is 38.8 Å². The van der Waals surface area contributed by atoms with Crippen molar-refractivity contribution in [3.05, 3.63) is 58.2 Å². The van der Waals surface area contributed by atoms with Gasteiger partial charge in [-0.2, -0.15) is 0 Å². The van der Waals surface area contributed by atoms with Gasteiger partial charge >= 0.3 is 12.1 Å². The number of carbonyl (C=O) groups excluding carboxylic acids is 2. The number of aliphatic carboxylic acids is 1. The largest absolute Gasteiger partial charge is 0.480 e. The van der Waals surface area contributed by atoms with Crippen LogP contribution in [0.3, 0.4) is 0 Å². The minimum Gasteiger partial charge on any atom is -0.480 e. The van der Waals surface area contributed by atoms with Gasteiger partial charge in [0.2, 0.25) is 0 Å². The average Bonchev–Trinajstić information content (AvgIpc) is 3.87. The number of aromatic nitrogens is 3. The van der Waals surface area contributed by atoms with Crippen LogP contribution in [-0.2, 0) is 30.2 Å². The maximum Gasteiger partial charge on any atom is 0.408 e. The van der Waals surface area contributed by atoms with Crippen LogP contribution in [0, 0.1) is 5.41 Å². The summed E-state index contributed by atoms with van der Waals surface area (Å²) in [7, 11) is 3.35. The van der Waals surface area contributed by atoms with E-state index in [0.29, 0.717) is 49.1 Å². The molecule has 3 saturated heterocycles. The molecule has 0 spiro atoms. The Morgan fingerprint density at radius 1 is 1.03 bits per heavy atom. The lowest BCUT2D eigenvalue weighted by molar-refractivity contribution is -0.150. The zero-order chi connectivity index (χ0) is 45.7. The first-order valence-corrected chi connectivity index (χ1v) is 23.4. The number of rotatable bonds is 16. The molecule has 6 heterocycles. The summed E-state index contributed by atoms with van der Waals surface area (Å²) in [5.74, 6) is -1.54. The van der Waals surface area contributed by atoms with Gasteiger partial charge in [-0.25, -0.2) is 15.2 Å². The number of pyridine rings is 1. The number of carbonyl (C=O) groups is 3. The van der Waals surface area contributed by atoms with Gasteiger partial charge in [0.15, 0.2) is 0 Å². The van der Waals surface area contributed by atoms with Crippen molar-refractivity contribution in [2.24, 2.45) is 5.41 Å². The van der Waals surface area contributed by atoms with E-state index >= 15 is 0 Å². The first-order chi connectivity index (χ1) is 30.5. The normalized spacial score (nSPS) is 20.7. The zero-order valence-electron chi connectivity index (χ0n) is 38.3. The Bertz CT molecular complexity index is 2340. The highest BCUT2D eigenvalue weighted by atomic mass is 32.1. The van der Waals surface area contributed by atoms with Gasteiger partial charge in [-0.3, -0.25) is 29.4 Å². The standard InChI is InChI=1S/C47H64N8O8S/c1-27(61-7)38-32(11-9-17-48-38)40-34(20-47(5,6)26-56)33-19-28(13-16-37(33)55(40)30-21-52(22-30)29-14-15-29)36-25-64-42(49-36)41(53-23-31(24-53)62-8)39(50-45(60)63-46(2,3)4)43(57)54-18-10-12-35(51-54)44(58)59/h9,11,13,16-17,19,25,27,29-31,35,39,41,51,56H,10,12,14-15,18,20-24,26H2,1-8H3,(H,50,60)(H,58,59)/t27-,35-,39-,41-/m0/s1. The Kier molecular flexibility index (Phi) is 13.3. The molecule has 4 N–H and O–H groups in total. The topological polar surface area (TPSA) is 184 Å². The number of carboxylic acid groups (broad SMARTS) is 1. The molecule has 1 saturated carbocycles. The van der Waals surface area contributed by atoms with Crippen LogP contribution in [-0.4, -0.2) is 141 Å². The van der Waals surface area contributed by atoms with E-state index in [9.17, 15) is 24.6 Å². The highest BCUT2D eigenvalue weighted by Crippen LogP contribution is 2.46. The van der Waals surface area contributed by atoms with Crippen molar-refractivity contribution >= 4 is 40.2 Å². The summed E-state index contributed by atoms with van der Waals surface area (Å²) >= 11 is 1.40. The molecule has 17 heteroatoms. The van der Waals surface area contributed by atoms with Crippen LogP contribution in [0.15, 0.2) is 41.9 Å². The van der Waals surface area contributed by atoms with Gasteiger partial charge in [-0.15, -0.1) is 11.3 Å². The van der Waals surface area contributed by atoms with E-state index in [1.807, 2.05) is 24.6 Å². The van der Waals surface area contributed by atoms with Crippen molar-refractivity contribution in [1.82, 2.24) is 40.1 Å². The molecule has 8 rings (SSSR count). The van der Waals surface area contributed by atoms with Crippen LogP contribution in [0.1, 0.15) is 102 Å². The summed E-state index contributed by atoms with van der Waals surface area (Å²) in [6.45, 7) is 14.6. The van der Waals surface area contributed by atoms with Crippen molar-refractivity contribution in [3.63, 3.8) is 0 Å². The van der Waals surface area contributed by atoms with E-state index in [4.69, 9.17) is 24.2 Å². The Hall–Kier alpha value is -4.49. The lowest BCUT2D eigenvalue weighted by Gasteiger charge is -2.46. The lowest BCUT2D eigenvalue weighted by atomic mass is 9.84. The molecule has 4 aliphatic rings. The zero-order valence-corrected chi connectivity index (χ0v) is 39.1. The molecule has 1 aromatic carbocycles. The summed E-state index contributed by atoms with van der Waals surface area (Å²) in [6, 6.07) is 8.66. The van der Waals surface area contributed by atoms with Crippen LogP contribution in [0.2, 0.25) is 0 Å². The molecular weight excluding hydrogens is 837 g/mol. The van der Waals surface area contributed by atoms with E-state index in [-0.39, 0.29) is 31.4 Å². The number of hydrazine groups is 1. The molecule has 0 bridgehead atoms. The number of alkyl carbamates (subject to hydrolysis) is 1. The van der Waals surface area contributed by atoms with Gasteiger partial charge in [-0.05, 0) is 95.0 Å². The van der Waals surface area contributed by atoms with Crippen LogP contribution in [0.5, 0.6) is 0 Å². The first kappa shape index (κ1) is 46.1. The van der Waals surface area contributed by atoms with E-state index in [1.54, 1.807) is 35.0 Å². The third kappa shape index (κ3) is 9.57. The van der Waals surface area contributed by atoms with Crippen LogP contribution < -0.4 is 10.7 Å². The molecule has 4 atom stereocenters. The molecule has 3 aliphatic heterocycles. The minimum absolute atomic E-state index is 0.00442. The van der Waals surface area contributed by atoms with Crippen molar-refractivity contribution in [3.8, 4) is 22.5 Å². The minimum atomic E-state index is -1.18. The molecule has 0 radical (unpaired) electrons. The summed E-state index contributed by atoms with van der Waals surface area (Å²) in [6.07, 6.45) is 4.66. The second kappa shape index (κ2) is 18.4. The fraction of sp³-hybridized carbons (Fsp3) is 0.596. The fourth-order valence-corrected chi connectivity index (χ4v) is 10.3. The molecule has 0 unspecified atom stereocenters. The van der Waals surface area contributed by atoms with Gasteiger partial charge < -0.3 is 34.3 Å². The van der Waals surface area contributed by atoms with Crippen LogP contribution in [0.25, 0.3) is 33.4 Å². The van der Waals surface area contributed by atoms with Gasteiger partial charge in [0.25, 0.3) is 5.91 Å². The van der Waals surface area contributed by atoms with E-state index in [0.717, 1.165) is 52.1 Å². The number of amides is 2. The average molecular weight is 901 g/mol. The van der Waals surface area contributed by atoms with E-state index < -0.39 is 47.1 Å². The third-order valence-corrected chi connectivity index (χ3v) is 13.9. The lowest BCUT2D eigenvalue weighted by Crippen LogP contribution is -2.65. The number of aliphatic hydroxyl groups is 1. The molecule has 2 amide bonds. The Morgan fingerprint density at radius 2 is 1.78 bits per heavy atom. The highest BCUT2D eigenvalue weighted by Gasteiger charge is 2.46. The van der Waals surface area contributed by atoms with E-state index in [2.05, 4.69) is 63.2 Å². The number of hydrogen-bond acceptors (Lipinski definition) is 13. The highest BCUT2D eigenvalue weighted by molar-refractivity contribution is 7.10. The summed E-state index contributed by atoms with van der Waals surface area (Å²) in [5.41, 5.74) is 8.39. The molecule has 64 heavy (non-hydrogen) atoms. The number of carboxylic acids is 1. The molecule has 4 aromatic rings. The van der Waals surface area contributed by atoms with E-state index in [1.165, 1.54) is 29.2 Å². The molecule has 4 fully saturated rings. The number of likely N-dealkylation sites (tertiary alicyclic amines) is 2. The predicted molar refractivity (Wildman–Crippen MR) is 244 cm³/mol. The number of thiazole rings is 1. The van der Waals surface area contributed by atoms with Gasteiger partial charge in [0.1, 0.15) is 22.7 Å². The number of methoxy groups -OCH3 is 2. The first-order valence-electron chi connectivity index (χ1n) is 22.5. The predicted octanol–water partition coefficient (Wildman–Crippen LogP) is 5.96. The molecule has 3 aromatic heterocycles. The monoisotopic (exact) mass is 900 g/mol. The number of nitrogens with one attached hydrogen (secondary N) is 2. The Balaban J connectivity index is 1.23. The summed E-state index contributed by atoms with van der Waals surface area (Å²) in [5, 5.41) is 28.4. The SMILES string of the molecule is COC1CN([C@H](c2nc(-c3ccc4c(c3)c(CC(C)(C)CO)c(-c3cccnc3[C@H](C)OC)n4C3CN(C4CC4)C3)cs2)[C@H](NC(=O)OC(C)(C)C)C(=O)N2CCC[C@@H](C(=O)O)N2)C1. The number of nitrogens with zero attached hydrogens (tertiary/aromatic N) is 6. The fourth-order valence-electron chi connectivity index (χ4n) is 9.28. The summed E-state index contributed by atoms with van der Waals surface area (Å²) in [4.78, 5) is 55.0. The third-order valence-electron chi connectivity index (χ3n) is 13.0. The number of benzene rings is 1. The smallest absolute Gasteiger partial charge is 0.408 e. The second-order valence-corrected chi connectivity index (χ2v) is 20.6. The number of fused-ring (bicyclic) bond motifs is 1. The van der Waals surface area contributed by atoms with Gasteiger partial charge in [-0.1, -0.05) is 19.9 Å². The number of hydrogen-bond donors (Lipinski definition) is 4. The van der Waals surface area contributed by atoms with Crippen LogP contribution in [0.4, 0.5) is 4.79 Å². The molecule has 346 valence electrons. The molecular formula is C47H64N8O8S. The van der Waals surface area contributed by atoms with Gasteiger partial charge in [0.05, 0.1) is 41.4 Å². The Morgan fingerprint density at radius 3 is 2.44 bits per heavy atom. The van der Waals surface area contributed by atoms with Crippen molar-refractivity contribution in [2.45, 2.75) is 122 Å². The number of ether oxygens (including phenoxy) is 3. The molecule has 1 aliphatic carbocycles. The molecule has 16 nitrogen and oxygen atoms in total. The number of aliphatic hydroxyl groups excluding tert-OH is 1. The Labute approximate surface area is 379 Å². The van der Waals surface area contributed by atoms with Crippen molar-refractivity contribution in [1.29, 1.82) is 0 Å². The van der Waals surface area contributed by atoms with Crippen LogP contribution >= 0.6 is 11.3 Å². The quantitative estimate of drug-likeness (QED) is 0.104.